The van der Waals surface area contributed by atoms with Crippen LogP contribution in [0.4, 0.5) is 0 Å². The molecule has 0 spiro atoms. The van der Waals surface area contributed by atoms with Gasteiger partial charge >= 0.3 is 0 Å². The van der Waals surface area contributed by atoms with Gasteiger partial charge in [0.15, 0.2) is 0 Å². The molecule has 3 rings (SSSR count). The second-order valence-corrected chi connectivity index (χ2v) is 8.29. The summed E-state index contributed by atoms with van der Waals surface area (Å²) in [6.45, 7) is 5.66. The highest BCUT2D eigenvalue weighted by molar-refractivity contribution is 7.86. The third kappa shape index (κ3) is 3.63. The minimum absolute atomic E-state index is 0.102. The number of thiazole rings is 1. The van der Waals surface area contributed by atoms with Gasteiger partial charge in [0.2, 0.25) is 0 Å². The highest BCUT2D eigenvalue weighted by Crippen LogP contribution is 2.35. The number of benzene rings is 1. The van der Waals surface area contributed by atoms with E-state index in [2.05, 4.69) is 4.98 Å². The zero-order valence-electron chi connectivity index (χ0n) is 14.2. The third-order valence-corrected chi connectivity index (χ3v) is 6.08. The van der Waals surface area contributed by atoms with E-state index in [0.717, 1.165) is 32.4 Å². The summed E-state index contributed by atoms with van der Waals surface area (Å²) in [5.41, 5.74) is 3.32. The molecule has 25 heavy (non-hydrogen) atoms. The monoisotopic (exact) mass is 374 g/mol. The van der Waals surface area contributed by atoms with Gasteiger partial charge in [-0.1, -0.05) is 12.1 Å². The van der Waals surface area contributed by atoms with Gasteiger partial charge in [0, 0.05) is 16.6 Å². The van der Waals surface area contributed by atoms with E-state index in [-0.39, 0.29) is 11.5 Å². The first-order valence-electron chi connectivity index (χ1n) is 7.81. The van der Waals surface area contributed by atoms with Gasteiger partial charge < -0.3 is 0 Å². The molecule has 0 aliphatic carbocycles. The largest absolute Gasteiger partial charge is 0.296 e. The fourth-order valence-corrected chi connectivity index (χ4v) is 4.33. The number of nitrogens with zero attached hydrogens (tertiary/aromatic N) is 2. The molecule has 5 nitrogen and oxygen atoms in total. The molecule has 0 amide bonds. The summed E-state index contributed by atoms with van der Waals surface area (Å²) in [6, 6.07) is 10.7. The van der Waals surface area contributed by atoms with Crippen molar-refractivity contribution in [2.45, 2.75) is 25.7 Å². The Kier molecular flexibility index (Phi) is 4.99. The van der Waals surface area contributed by atoms with Gasteiger partial charge in [-0.05, 0) is 50.6 Å². The predicted molar refractivity (Wildman–Crippen MR) is 99.1 cm³/mol. The molecule has 0 unspecified atom stereocenters. The van der Waals surface area contributed by atoms with Crippen LogP contribution < -0.4 is 0 Å². The van der Waals surface area contributed by atoms with E-state index in [9.17, 15) is 8.42 Å². The van der Waals surface area contributed by atoms with Crippen LogP contribution in [0.15, 0.2) is 47.5 Å². The molecule has 7 heteroatoms. The van der Waals surface area contributed by atoms with Crippen LogP contribution in [-0.2, 0) is 14.3 Å². The third-order valence-electron chi connectivity index (χ3n) is 3.71. The first-order valence-corrected chi connectivity index (χ1v) is 10.0. The second-order valence-electron chi connectivity index (χ2n) is 5.48. The van der Waals surface area contributed by atoms with Crippen molar-refractivity contribution in [3.05, 3.63) is 53.0 Å². The van der Waals surface area contributed by atoms with Crippen molar-refractivity contribution in [1.29, 1.82) is 0 Å². The Morgan fingerprint density at radius 1 is 1.16 bits per heavy atom. The molecule has 3 aromatic rings. The number of aromatic nitrogens is 2. The van der Waals surface area contributed by atoms with Crippen molar-refractivity contribution < 1.29 is 12.6 Å². The van der Waals surface area contributed by atoms with Crippen LogP contribution in [0, 0.1) is 13.8 Å². The predicted octanol–water partition coefficient (Wildman–Crippen LogP) is 4.21. The SMILES string of the molecule is CCOS(=O)(=O)c1ccc(C)c(-c2nc(-c3ccccn3)sc2C)c1. The molecule has 0 saturated heterocycles. The molecule has 0 aliphatic rings. The van der Waals surface area contributed by atoms with E-state index in [4.69, 9.17) is 9.17 Å². The molecule has 0 bridgehead atoms. The van der Waals surface area contributed by atoms with E-state index in [1.807, 2.05) is 32.0 Å². The lowest BCUT2D eigenvalue weighted by atomic mass is 10.1. The van der Waals surface area contributed by atoms with Crippen molar-refractivity contribution in [2.75, 3.05) is 6.61 Å². The maximum absolute atomic E-state index is 12.2. The molecule has 0 N–H and O–H groups in total. The summed E-state index contributed by atoms with van der Waals surface area (Å²) in [7, 11) is -3.75. The van der Waals surface area contributed by atoms with Gasteiger partial charge in [-0.15, -0.1) is 11.3 Å². The standard InChI is InChI=1S/C18H18N2O3S2/c1-4-23-25(21,22)14-9-8-12(2)15(11-14)17-13(3)24-18(20-17)16-7-5-6-10-19-16/h5-11H,4H2,1-3H3. The summed E-state index contributed by atoms with van der Waals surface area (Å²) < 4.78 is 29.3. The summed E-state index contributed by atoms with van der Waals surface area (Å²) in [5, 5.41) is 0.811. The van der Waals surface area contributed by atoms with Crippen molar-refractivity contribution in [3.8, 4) is 22.0 Å². The number of aryl methyl sites for hydroxylation is 2. The lowest BCUT2D eigenvalue weighted by molar-refractivity contribution is 0.338. The molecule has 0 atom stereocenters. The Labute approximate surface area is 151 Å². The van der Waals surface area contributed by atoms with E-state index in [1.54, 1.807) is 42.7 Å². The minimum Gasteiger partial charge on any atom is -0.267 e. The smallest absolute Gasteiger partial charge is 0.267 e. The maximum Gasteiger partial charge on any atom is 0.296 e. The number of pyridine rings is 1. The molecule has 2 aromatic heterocycles. The first kappa shape index (κ1) is 17.7. The Hall–Kier alpha value is -2.09. The van der Waals surface area contributed by atoms with Crippen LogP contribution in [-0.4, -0.2) is 25.0 Å². The van der Waals surface area contributed by atoms with Crippen LogP contribution in [0.2, 0.25) is 0 Å². The lowest BCUT2D eigenvalue weighted by Gasteiger charge is -2.08. The van der Waals surface area contributed by atoms with Crippen LogP contribution in [0.25, 0.3) is 22.0 Å². The summed E-state index contributed by atoms with van der Waals surface area (Å²) in [6.07, 6.45) is 1.73. The van der Waals surface area contributed by atoms with Gasteiger partial charge in [-0.3, -0.25) is 9.17 Å². The van der Waals surface area contributed by atoms with Crippen LogP contribution >= 0.6 is 11.3 Å². The average Bonchev–Trinajstić information content (AvgIpc) is 2.97. The molecule has 0 fully saturated rings. The molecule has 1 aromatic carbocycles. The number of hydrogen-bond acceptors (Lipinski definition) is 6. The molecule has 0 radical (unpaired) electrons. The van der Waals surface area contributed by atoms with Gasteiger partial charge in [-0.2, -0.15) is 8.42 Å². The van der Waals surface area contributed by atoms with Gasteiger partial charge in [0.25, 0.3) is 10.1 Å². The molecule has 2 heterocycles. The zero-order valence-corrected chi connectivity index (χ0v) is 15.8. The Morgan fingerprint density at radius 3 is 2.64 bits per heavy atom. The fourth-order valence-electron chi connectivity index (χ4n) is 2.48. The molecular formula is C18H18N2O3S2. The number of rotatable bonds is 5. The maximum atomic E-state index is 12.2. The highest BCUT2D eigenvalue weighted by Gasteiger charge is 2.19. The average molecular weight is 374 g/mol. The molecule has 0 saturated carbocycles. The molecular weight excluding hydrogens is 356 g/mol. The summed E-state index contributed by atoms with van der Waals surface area (Å²) in [4.78, 5) is 10.2. The van der Waals surface area contributed by atoms with Gasteiger partial charge in [0.1, 0.15) is 5.01 Å². The summed E-state index contributed by atoms with van der Waals surface area (Å²) >= 11 is 1.54. The van der Waals surface area contributed by atoms with Gasteiger partial charge in [-0.25, -0.2) is 4.98 Å². The zero-order chi connectivity index (χ0) is 18.0. The van der Waals surface area contributed by atoms with Crippen LogP contribution in [0.5, 0.6) is 0 Å². The Bertz CT molecular complexity index is 996. The van der Waals surface area contributed by atoms with E-state index < -0.39 is 10.1 Å². The van der Waals surface area contributed by atoms with E-state index in [0.29, 0.717) is 0 Å². The Morgan fingerprint density at radius 2 is 1.96 bits per heavy atom. The quantitative estimate of drug-likeness (QED) is 0.626. The van der Waals surface area contributed by atoms with Crippen LogP contribution in [0.1, 0.15) is 17.4 Å². The van der Waals surface area contributed by atoms with Crippen molar-refractivity contribution in [1.82, 2.24) is 9.97 Å². The molecule has 0 aliphatic heterocycles. The second kappa shape index (κ2) is 7.03. The first-order chi connectivity index (χ1) is 11.9. The van der Waals surface area contributed by atoms with Gasteiger partial charge in [0.05, 0.1) is 22.9 Å². The fraction of sp³-hybridized carbons (Fsp3) is 0.222. The van der Waals surface area contributed by atoms with Crippen LogP contribution in [0.3, 0.4) is 0 Å². The van der Waals surface area contributed by atoms with E-state index in [1.165, 1.54) is 0 Å². The number of hydrogen-bond donors (Lipinski definition) is 0. The van der Waals surface area contributed by atoms with Crippen molar-refractivity contribution in [3.63, 3.8) is 0 Å². The highest BCUT2D eigenvalue weighted by atomic mass is 32.2. The van der Waals surface area contributed by atoms with Crippen molar-refractivity contribution >= 4 is 21.5 Å². The molecule has 130 valence electrons. The summed E-state index contributed by atoms with van der Waals surface area (Å²) in [5.74, 6) is 0. The topological polar surface area (TPSA) is 69.2 Å². The van der Waals surface area contributed by atoms with Crippen molar-refractivity contribution in [2.24, 2.45) is 0 Å². The minimum atomic E-state index is -3.75. The Balaban J connectivity index is 2.10. The van der Waals surface area contributed by atoms with E-state index >= 15 is 0 Å². The normalized spacial score (nSPS) is 11.6. The lowest BCUT2D eigenvalue weighted by Crippen LogP contribution is -2.06.